The van der Waals surface area contributed by atoms with E-state index in [4.69, 9.17) is 27.9 Å². The monoisotopic (exact) mass is 587 g/mol. The van der Waals surface area contributed by atoms with E-state index in [9.17, 15) is 22.8 Å². The summed E-state index contributed by atoms with van der Waals surface area (Å²) in [6.07, 6.45) is -4.67. The Balaban J connectivity index is 1.45. The van der Waals surface area contributed by atoms with Gasteiger partial charge in [-0.05, 0) is 42.0 Å². The summed E-state index contributed by atoms with van der Waals surface area (Å²) in [5.74, 6) is -1.72. The second-order valence-corrected chi connectivity index (χ2v) is 10.1. The number of benzene rings is 3. The van der Waals surface area contributed by atoms with Gasteiger partial charge in [0.2, 0.25) is 0 Å². The van der Waals surface area contributed by atoms with Crippen molar-refractivity contribution in [1.29, 1.82) is 0 Å². The molecule has 3 aromatic carbocycles. The van der Waals surface area contributed by atoms with Crippen LogP contribution in [0.1, 0.15) is 27.5 Å². The van der Waals surface area contributed by atoms with E-state index in [-0.39, 0.29) is 41.3 Å². The summed E-state index contributed by atoms with van der Waals surface area (Å²) in [4.78, 5) is 27.6. The zero-order valence-corrected chi connectivity index (χ0v) is 22.5. The van der Waals surface area contributed by atoms with Crippen LogP contribution >= 0.6 is 23.2 Å². The maximum Gasteiger partial charge on any atom is 0.435 e. The van der Waals surface area contributed by atoms with Crippen LogP contribution in [0.15, 0.2) is 78.9 Å². The molecule has 1 fully saturated rings. The maximum atomic E-state index is 13.5. The third-order valence-electron chi connectivity index (χ3n) is 6.92. The molecule has 1 aromatic heterocycles. The number of carbonyl (C=O) groups excluding carboxylic acids is 2. The van der Waals surface area contributed by atoms with Crippen LogP contribution in [-0.4, -0.2) is 46.8 Å². The van der Waals surface area contributed by atoms with E-state index in [0.29, 0.717) is 16.1 Å². The number of alkyl halides is 3. The third kappa shape index (κ3) is 5.31. The number of hydrogen-bond donors (Lipinski definition) is 0. The average molecular weight is 588 g/mol. The Kier molecular flexibility index (Phi) is 7.61. The van der Waals surface area contributed by atoms with Gasteiger partial charge in [0.05, 0.1) is 29.4 Å². The van der Waals surface area contributed by atoms with E-state index in [1.54, 1.807) is 53.4 Å². The number of likely N-dealkylation sites (tertiary alicyclic amines) is 1. The number of nitrogens with zero attached hydrogens (tertiary/aromatic N) is 3. The Morgan fingerprint density at radius 2 is 1.57 bits per heavy atom. The minimum absolute atomic E-state index is 0.136. The zero-order chi connectivity index (χ0) is 28.6. The largest absolute Gasteiger partial charge is 0.469 e. The van der Waals surface area contributed by atoms with Crippen molar-refractivity contribution < 1.29 is 27.5 Å². The van der Waals surface area contributed by atoms with Crippen LogP contribution in [0.3, 0.4) is 0 Å². The number of carbonyl (C=O) groups is 2. The predicted octanol–water partition coefficient (Wildman–Crippen LogP) is 6.89. The van der Waals surface area contributed by atoms with Crippen molar-refractivity contribution in [3.8, 4) is 16.9 Å². The molecule has 1 aliphatic rings. The topological polar surface area (TPSA) is 64.4 Å². The fraction of sp³-hybridized carbons (Fsp3) is 0.207. The quantitative estimate of drug-likeness (QED) is 0.238. The fourth-order valence-electron chi connectivity index (χ4n) is 4.95. The molecular weight excluding hydrogens is 566 g/mol. The molecule has 40 heavy (non-hydrogen) atoms. The lowest BCUT2D eigenvalue weighted by Gasteiger charge is -2.18. The van der Waals surface area contributed by atoms with Crippen molar-refractivity contribution in [1.82, 2.24) is 14.7 Å². The van der Waals surface area contributed by atoms with E-state index in [1.165, 1.54) is 19.2 Å². The molecule has 11 heteroatoms. The molecule has 6 nitrogen and oxygen atoms in total. The molecule has 5 rings (SSSR count). The van der Waals surface area contributed by atoms with E-state index in [1.807, 2.05) is 12.1 Å². The minimum Gasteiger partial charge on any atom is -0.469 e. The Morgan fingerprint density at radius 1 is 0.925 bits per heavy atom. The first kappa shape index (κ1) is 27.7. The van der Waals surface area contributed by atoms with Gasteiger partial charge in [-0.15, -0.1) is 0 Å². The van der Waals surface area contributed by atoms with E-state index >= 15 is 0 Å². The maximum absolute atomic E-state index is 13.5. The lowest BCUT2D eigenvalue weighted by molar-refractivity contribution is -0.145. The molecule has 4 aromatic rings. The Bertz CT molecular complexity index is 1570. The second-order valence-electron chi connectivity index (χ2n) is 9.32. The molecule has 0 aliphatic carbocycles. The zero-order valence-electron chi connectivity index (χ0n) is 21.0. The van der Waals surface area contributed by atoms with Crippen molar-refractivity contribution >= 4 is 35.1 Å². The normalized spacial score (nSPS) is 17.2. The van der Waals surface area contributed by atoms with Gasteiger partial charge in [0.25, 0.3) is 5.91 Å². The number of para-hydroxylation sites is 1. The summed E-state index contributed by atoms with van der Waals surface area (Å²) in [6, 6.07) is 20.7. The van der Waals surface area contributed by atoms with Crippen LogP contribution in [0.2, 0.25) is 10.0 Å². The van der Waals surface area contributed by atoms with Crippen molar-refractivity contribution in [2.45, 2.75) is 12.1 Å². The molecular formula is C29H22Cl2F3N3O3. The number of hydrogen-bond acceptors (Lipinski definition) is 4. The van der Waals surface area contributed by atoms with E-state index < -0.39 is 23.8 Å². The smallest absolute Gasteiger partial charge is 0.435 e. The van der Waals surface area contributed by atoms with Crippen LogP contribution in [0, 0.1) is 5.92 Å². The first-order valence-corrected chi connectivity index (χ1v) is 13.0. The molecule has 2 atom stereocenters. The molecule has 1 aliphatic heterocycles. The van der Waals surface area contributed by atoms with Gasteiger partial charge in [0, 0.05) is 35.2 Å². The van der Waals surface area contributed by atoms with Crippen molar-refractivity contribution in [2.75, 3.05) is 20.2 Å². The number of rotatable bonds is 5. The van der Waals surface area contributed by atoms with Crippen LogP contribution in [-0.2, 0) is 15.7 Å². The van der Waals surface area contributed by atoms with Gasteiger partial charge >= 0.3 is 12.1 Å². The van der Waals surface area contributed by atoms with Gasteiger partial charge in [0.1, 0.15) is 0 Å². The van der Waals surface area contributed by atoms with Gasteiger partial charge in [-0.2, -0.15) is 18.3 Å². The third-order valence-corrected chi connectivity index (χ3v) is 7.59. The van der Waals surface area contributed by atoms with Crippen molar-refractivity contribution in [2.24, 2.45) is 5.92 Å². The van der Waals surface area contributed by atoms with Crippen molar-refractivity contribution in [3.63, 3.8) is 0 Å². The molecule has 0 N–H and O–H groups in total. The molecule has 0 spiro atoms. The highest BCUT2D eigenvalue weighted by atomic mass is 35.5. The molecule has 0 radical (unpaired) electrons. The van der Waals surface area contributed by atoms with Crippen LogP contribution in [0.4, 0.5) is 13.2 Å². The number of halogens is 5. The molecule has 0 saturated carbocycles. The van der Waals surface area contributed by atoms with Gasteiger partial charge < -0.3 is 9.64 Å². The standard InChI is InChI=1S/C29H22Cl2F3N3O3/c1-40-28(39)21-16-36(15-20(21)19-6-2-3-7-22(19)30)27(38)18-12-10-17(11-13-18)25-14-26(29(32,33)34)35-37(25)24-9-5-4-8-23(24)31/h2-14,20-21H,15-16H2,1H3/t20-,21+/m0/s1. The summed E-state index contributed by atoms with van der Waals surface area (Å²) in [5.41, 5.74) is 0.836. The highest BCUT2D eigenvalue weighted by Gasteiger charge is 2.42. The van der Waals surface area contributed by atoms with Crippen LogP contribution in [0.5, 0.6) is 0 Å². The minimum atomic E-state index is -4.67. The Labute approximate surface area is 237 Å². The van der Waals surface area contributed by atoms with E-state index in [0.717, 1.165) is 16.3 Å². The van der Waals surface area contributed by atoms with Gasteiger partial charge in [-0.25, -0.2) is 4.68 Å². The SMILES string of the molecule is COC(=O)[C@@H]1CN(C(=O)c2ccc(-c3cc(C(F)(F)F)nn3-c3ccccc3Cl)cc2)C[C@H]1c1ccccc1Cl. The number of methoxy groups -OCH3 is 1. The van der Waals surface area contributed by atoms with Crippen LogP contribution in [0.25, 0.3) is 16.9 Å². The number of ether oxygens (including phenoxy) is 1. The lowest BCUT2D eigenvalue weighted by Crippen LogP contribution is -2.30. The number of aromatic nitrogens is 2. The summed E-state index contributed by atoms with van der Waals surface area (Å²) >= 11 is 12.7. The summed E-state index contributed by atoms with van der Waals surface area (Å²) < 4.78 is 46.8. The molecule has 1 amide bonds. The molecule has 0 unspecified atom stereocenters. The summed E-state index contributed by atoms with van der Waals surface area (Å²) in [6.45, 7) is 0.385. The number of esters is 1. The molecule has 1 saturated heterocycles. The highest BCUT2D eigenvalue weighted by molar-refractivity contribution is 6.32. The second kappa shape index (κ2) is 11.0. The number of amides is 1. The summed E-state index contributed by atoms with van der Waals surface area (Å²) in [7, 11) is 1.30. The summed E-state index contributed by atoms with van der Waals surface area (Å²) in [5, 5.41) is 4.49. The molecule has 206 valence electrons. The average Bonchev–Trinajstić information content (AvgIpc) is 3.59. The lowest BCUT2D eigenvalue weighted by atomic mass is 9.89. The van der Waals surface area contributed by atoms with Crippen LogP contribution < -0.4 is 0 Å². The Morgan fingerprint density at radius 3 is 2.20 bits per heavy atom. The first-order chi connectivity index (χ1) is 19.1. The molecule has 0 bridgehead atoms. The fourth-order valence-corrected chi connectivity index (χ4v) is 5.44. The Hall–Kier alpha value is -3.82. The van der Waals surface area contributed by atoms with Gasteiger partial charge in [0.15, 0.2) is 5.69 Å². The first-order valence-electron chi connectivity index (χ1n) is 12.2. The highest BCUT2D eigenvalue weighted by Crippen LogP contribution is 2.38. The van der Waals surface area contributed by atoms with Crippen molar-refractivity contribution in [3.05, 3.63) is 106 Å². The van der Waals surface area contributed by atoms with Gasteiger partial charge in [-0.3, -0.25) is 9.59 Å². The van der Waals surface area contributed by atoms with Gasteiger partial charge in [-0.1, -0.05) is 65.7 Å². The van der Waals surface area contributed by atoms with E-state index in [2.05, 4.69) is 5.10 Å². The molecule has 2 heterocycles. The predicted molar refractivity (Wildman–Crippen MR) is 145 cm³/mol.